The summed E-state index contributed by atoms with van der Waals surface area (Å²) in [7, 11) is 0. The molecule has 3 N–H and O–H groups in total. The number of aliphatic imine (C=N–C) groups is 1. The minimum Gasteiger partial charge on any atom is -0.495 e. The van der Waals surface area contributed by atoms with E-state index in [2.05, 4.69) is 10.3 Å². The molecule has 5 nitrogen and oxygen atoms in total. The largest absolute Gasteiger partial charge is 0.495 e. The molecule has 1 aliphatic rings. The average molecular weight is 296 g/mol. The predicted molar refractivity (Wildman–Crippen MR) is 85.0 cm³/mol. The molecule has 0 spiro atoms. The molecule has 0 bridgehead atoms. The van der Waals surface area contributed by atoms with Crippen molar-refractivity contribution < 1.29 is 15.0 Å². The van der Waals surface area contributed by atoms with Crippen LogP contribution in [0.15, 0.2) is 59.6 Å². The number of hydrogen-bond acceptors (Lipinski definition) is 3. The van der Waals surface area contributed by atoms with Crippen molar-refractivity contribution >= 4 is 23.2 Å². The number of nitrogens with one attached hydrogen (secondary N) is 1. The van der Waals surface area contributed by atoms with E-state index in [0.29, 0.717) is 11.3 Å². The van der Waals surface area contributed by atoms with E-state index >= 15 is 0 Å². The Bertz CT molecular complexity index is 743. The molecular formula is C17H16N2O3. The van der Waals surface area contributed by atoms with E-state index in [1.54, 1.807) is 31.2 Å². The lowest BCUT2D eigenvalue weighted by molar-refractivity contribution is -0.141. The predicted octanol–water partition coefficient (Wildman–Crippen LogP) is 3.11. The lowest BCUT2D eigenvalue weighted by atomic mass is 9.75. The maximum absolute atomic E-state index is 12.0. The highest BCUT2D eigenvalue weighted by molar-refractivity contribution is 6.13. The highest BCUT2D eigenvalue weighted by Crippen LogP contribution is 2.43. The Labute approximate surface area is 128 Å². The summed E-state index contributed by atoms with van der Waals surface area (Å²) in [5, 5.41) is 23.3. The highest BCUT2D eigenvalue weighted by Gasteiger charge is 2.55. The minimum atomic E-state index is -1.59. The van der Waals surface area contributed by atoms with Gasteiger partial charge in [-0.3, -0.25) is 4.79 Å². The number of aliphatic carboxylic acids is 1. The van der Waals surface area contributed by atoms with Gasteiger partial charge < -0.3 is 15.5 Å². The maximum atomic E-state index is 12.0. The smallest absolute Gasteiger partial charge is 0.325 e. The Morgan fingerprint density at radius 3 is 2.45 bits per heavy atom. The number of rotatable bonds is 4. The van der Waals surface area contributed by atoms with Crippen LogP contribution in [-0.4, -0.2) is 28.1 Å². The monoisotopic (exact) mass is 296 g/mol. The summed E-state index contributed by atoms with van der Waals surface area (Å²) in [5.41, 5.74) is 0.180. The third-order valence-corrected chi connectivity index (χ3v) is 4.05. The Morgan fingerprint density at radius 1 is 1.14 bits per heavy atom. The van der Waals surface area contributed by atoms with Crippen LogP contribution in [0.4, 0.5) is 11.4 Å². The molecule has 0 saturated heterocycles. The SMILES string of the molecule is CC(Nc1ccccc1)C1(C(=O)O)C(O)=Nc2ccccc21. The molecule has 0 aromatic heterocycles. The molecule has 2 unspecified atom stereocenters. The third-order valence-electron chi connectivity index (χ3n) is 4.05. The second-order valence-corrected chi connectivity index (χ2v) is 5.30. The molecule has 0 aliphatic carbocycles. The summed E-state index contributed by atoms with van der Waals surface area (Å²) in [6, 6.07) is 15.6. The first-order chi connectivity index (χ1) is 10.6. The van der Waals surface area contributed by atoms with Crippen molar-refractivity contribution in [3.05, 3.63) is 60.2 Å². The van der Waals surface area contributed by atoms with Crippen LogP contribution in [0.3, 0.4) is 0 Å². The van der Waals surface area contributed by atoms with Crippen LogP contribution in [0.5, 0.6) is 0 Å². The number of aliphatic hydroxyl groups excluding tert-OH is 1. The molecular weight excluding hydrogens is 280 g/mol. The molecule has 2 atom stereocenters. The maximum Gasteiger partial charge on any atom is 0.325 e. The van der Waals surface area contributed by atoms with Crippen LogP contribution < -0.4 is 5.32 Å². The molecule has 0 saturated carbocycles. The molecule has 2 aromatic carbocycles. The summed E-state index contributed by atoms with van der Waals surface area (Å²) in [6.07, 6.45) is 0. The van der Waals surface area contributed by atoms with Crippen molar-refractivity contribution in [2.45, 2.75) is 18.4 Å². The van der Waals surface area contributed by atoms with Crippen molar-refractivity contribution in [3.8, 4) is 0 Å². The summed E-state index contributed by atoms with van der Waals surface area (Å²) >= 11 is 0. The number of para-hydroxylation sites is 2. The number of carboxylic acids is 1. The summed E-state index contributed by atoms with van der Waals surface area (Å²) in [6.45, 7) is 1.73. The molecule has 112 valence electrons. The Kier molecular flexibility index (Phi) is 3.33. The topological polar surface area (TPSA) is 81.9 Å². The fourth-order valence-corrected chi connectivity index (χ4v) is 2.94. The van der Waals surface area contributed by atoms with Crippen LogP contribution in [0, 0.1) is 0 Å². The summed E-state index contributed by atoms with van der Waals surface area (Å²) in [4.78, 5) is 16.1. The first-order valence-electron chi connectivity index (χ1n) is 6.99. The second kappa shape index (κ2) is 5.18. The minimum absolute atomic E-state index is 0.392. The number of carbonyl (C=O) groups is 1. The number of aliphatic hydroxyl groups is 1. The van der Waals surface area contributed by atoms with Crippen molar-refractivity contribution in [2.24, 2.45) is 4.99 Å². The number of fused-ring (bicyclic) bond motifs is 1. The van der Waals surface area contributed by atoms with Crippen LogP contribution >= 0.6 is 0 Å². The lowest BCUT2D eigenvalue weighted by Gasteiger charge is -2.32. The molecule has 0 fully saturated rings. The molecule has 1 heterocycles. The van der Waals surface area contributed by atoms with Gasteiger partial charge in [0.2, 0.25) is 5.90 Å². The number of hydrogen-bond donors (Lipinski definition) is 3. The fourth-order valence-electron chi connectivity index (χ4n) is 2.94. The normalized spacial score (nSPS) is 20.9. The Hall–Kier alpha value is -2.82. The van der Waals surface area contributed by atoms with Crippen LogP contribution in [0.1, 0.15) is 12.5 Å². The van der Waals surface area contributed by atoms with Crippen molar-refractivity contribution in [1.82, 2.24) is 0 Å². The molecule has 0 amide bonds. The first kappa shape index (κ1) is 14.1. The highest BCUT2D eigenvalue weighted by atomic mass is 16.4. The number of benzene rings is 2. The van der Waals surface area contributed by atoms with Gasteiger partial charge in [0.15, 0.2) is 5.41 Å². The van der Waals surface area contributed by atoms with E-state index in [-0.39, 0.29) is 0 Å². The van der Waals surface area contributed by atoms with Gasteiger partial charge in [0.1, 0.15) is 0 Å². The first-order valence-corrected chi connectivity index (χ1v) is 6.99. The van der Waals surface area contributed by atoms with E-state index < -0.39 is 23.3 Å². The van der Waals surface area contributed by atoms with Gasteiger partial charge in [0.25, 0.3) is 0 Å². The van der Waals surface area contributed by atoms with Crippen molar-refractivity contribution in [3.63, 3.8) is 0 Å². The molecule has 22 heavy (non-hydrogen) atoms. The lowest BCUT2D eigenvalue weighted by Crippen LogP contribution is -2.53. The molecule has 5 heteroatoms. The second-order valence-electron chi connectivity index (χ2n) is 5.30. The van der Waals surface area contributed by atoms with E-state index in [4.69, 9.17) is 0 Å². The zero-order chi connectivity index (χ0) is 15.7. The van der Waals surface area contributed by atoms with Crippen LogP contribution in [-0.2, 0) is 10.2 Å². The van der Waals surface area contributed by atoms with Gasteiger partial charge in [-0.15, -0.1) is 0 Å². The molecule has 0 radical (unpaired) electrons. The zero-order valence-corrected chi connectivity index (χ0v) is 12.0. The summed E-state index contributed by atoms with van der Waals surface area (Å²) in [5.74, 6) is -1.52. The quantitative estimate of drug-likeness (QED) is 0.809. The van der Waals surface area contributed by atoms with E-state index in [1.807, 2.05) is 30.3 Å². The van der Waals surface area contributed by atoms with Crippen LogP contribution in [0.2, 0.25) is 0 Å². The Balaban J connectivity index is 2.07. The van der Waals surface area contributed by atoms with Gasteiger partial charge in [0, 0.05) is 11.3 Å². The number of carboxylic acid groups (broad SMARTS) is 1. The number of anilines is 1. The van der Waals surface area contributed by atoms with Gasteiger partial charge in [-0.25, -0.2) is 4.99 Å². The van der Waals surface area contributed by atoms with Gasteiger partial charge in [0.05, 0.1) is 11.7 Å². The van der Waals surface area contributed by atoms with E-state index in [1.165, 1.54) is 0 Å². The van der Waals surface area contributed by atoms with Crippen LogP contribution in [0.25, 0.3) is 0 Å². The van der Waals surface area contributed by atoms with Crippen molar-refractivity contribution in [1.29, 1.82) is 0 Å². The van der Waals surface area contributed by atoms with Gasteiger partial charge >= 0.3 is 5.97 Å². The third kappa shape index (κ3) is 1.94. The molecule has 2 aromatic rings. The van der Waals surface area contributed by atoms with E-state index in [0.717, 1.165) is 5.69 Å². The zero-order valence-electron chi connectivity index (χ0n) is 12.0. The van der Waals surface area contributed by atoms with Gasteiger partial charge in [-0.2, -0.15) is 0 Å². The molecule has 1 aliphatic heterocycles. The standard InChI is InChI=1S/C17H16N2O3/c1-11(18-12-7-3-2-4-8-12)17(16(21)22)13-9-5-6-10-14(13)19-15(17)20/h2-11,18H,1H3,(H,19,20)(H,21,22). The van der Waals surface area contributed by atoms with E-state index in [9.17, 15) is 15.0 Å². The Morgan fingerprint density at radius 2 is 1.77 bits per heavy atom. The average Bonchev–Trinajstić information content (AvgIpc) is 2.81. The van der Waals surface area contributed by atoms with Crippen molar-refractivity contribution in [2.75, 3.05) is 5.32 Å². The van der Waals surface area contributed by atoms with Gasteiger partial charge in [-0.1, -0.05) is 36.4 Å². The molecule has 3 rings (SSSR count). The van der Waals surface area contributed by atoms with Gasteiger partial charge in [-0.05, 0) is 25.1 Å². The number of nitrogens with zero attached hydrogens (tertiary/aromatic N) is 1. The fraction of sp³-hybridized carbons (Fsp3) is 0.176. The summed E-state index contributed by atoms with van der Waals surface area (Å²) < 4.78 is 0.